The van der Waals surface area contributed by atoms with Crippen molar-refractivity contribution in [2.75, 3.05) is 6.61 Å². The van der Waals surface area contributed by atoms with E-state index in [-0.39, 0.29) is 23.9 Å². The summed E-state index contributed by atoms with van der Waals surface area (Å²) in [5, 5.41) is 15.0. The van der Waals surface area contributed by atoms with Crippen molar-refractivity contribution in [2.24, 2.45) is 11.1 Å². The number of rotatable bonds is 6. The van der Waals surface area contributed by atoms with Gasteiger partial charge in [-0.25, -0.2) is 4.79 Å². The van der Waals surface area contributed by atoms with E-state index in [1.807, 2.05) is 13.8 Å². The lowest BCUT2D eigenvalue weighted by atomic mass is 9.73. The predicted octanol–water partition coefficient (Wildman–Crippen LogP) is 4.62. The minimum absolute atomic E-state index is 0.0529. The fourth-order valence-corrected chi connectivity index (χ4v) is 3.53. The molecule has 0 aromatic carbocycles. The molecule has 2 aliphatic rings. The van der Waals surface area contributed by atoms with Crippen LogP contribution < -0.4 is 0 Å². The molecule has 1 unspecified atom stereocenters. The van der Waals surface area contributed by atoms with E-state index in [1.54, 1.807) is 0 Å². The van der Waals surface area contributed by atoms with Crippen LogP contribution in [0.2, 0.25) is 0 Å². The molecule has 6 heteroatoms. The molecule has 0 saturated heterocycles. The largest absolute Gasteiger partial charge is 0.511 e. The zero-order chi connectivity index (χ0) is 17.7. The number of hydrogen-bond donors (Lipinski definition) is 1. The molecule has 24 heavy (non-hydrogen) atoms. The number of halogens is 1. The van der Waals surface area contributed by atoms with Crippen LogP contribution in [0.4, 0.5) is 0 Å². The SMILES string of the molecule is C=C(Cl)CON=C(CCC)C1=C(O)C(C)C2(CCCCC2)OC1=O. The van der Waals surface area contributed by atoms with Gasteiger partial charge in [0.2, 0.25) is 0 Å². The highest BCUT2D eigenvalue weighted by Crippen LogP contribution is 2.44. The number of nitrogens with zero attached hydrogens (tertiary/aromatic N) is 1. The van der Waals surface area contributed by atoms with Crippen LogP contribution in [-0.4, -0.2) is 29.0 Å². The molecule has 5 nitrogen and oxygen atoms in total. The summed E-state index contributed by atoms with van der Waals surface area (Å²) in [4.78, 5) is 17.8. The first kappa shape index (κ1) is 18.8. The maximum absolute atomic E-state index is 12.6. The lowest BCUT2D eigenvalue weighted by Gasteiger charge is -2.44. The van der Waals surface area contributed by atoms with Crippen molar-refractivity contribution < 1.29 is 19.5 Å². The Labute approximate surface area is 148 Å². The van der Waals surface area contributed by atoms with E-state index >= 15 is 0 Å². The number of oxime groups is 1. The van der Waals surface area contributed by atoms with Crippen LogP contribution in [0.15, 0.2) is 28.1 Å². The highest BCUT2D eigenvalue weighted by atomic mass is 35.5. The monoisotopic (exact) mass is 355 g/mol. The third kappa shape index (κ3) is 3.94. The fourth-order valence-electron chi connectivity index (χ4n) is 3.48. The number of esters is 1. The average molecular weight is 356 g/mol. The summed E-state index contributed by atoms with van der Waals surface area (Å²) >= 11 is 5.66. The van der Waals surface area contributed by atoms with Crippen LogP contribution >= 0.6 is 11.6 Å². The van der Waals surface area contributed by atoms with E-state index in [9.17, 15) is 9.90 Å². The first-order valence-corrected chi connectivity index (χ1v) is 8.98. The van der Waals surface area contributed by atoms with E-state index in [0.717, 1.165) is 38.5 Å². The van der Waals surface area contributed by atoms with Crippen LogP contribution in [0.5, 0.6) is 0 Å². The Kier molecular flexibility index (Phi) is 6.33. The molecule has 1 saturated carbocycles. The summed E-state index contributed by atoms with van der Waals surface area (Å²) in [6.45, 7) is 7.46. The van der Waals surface area contributed by atoms with Gasteiger partial charge in [0.05, 0.1) is 16.7 Å². The third-order valence-electron chi connectivity index (χ3n) is 4.83. The molecule has 1 N–H and O–H groups in total. The van der Waals surface area contributed by atoms with Gasteiger partial charge < -0.3 is 14.7 Å². The lowest BCUT2D eigenvalue weighted by molar-refractivity contribution is -0.169. The predicted molar refractivity (Wildman–Crippen MR) is 94.0 cm³/mol. The van der Waals surface area contributed by atoms with E-state index in [0.29, 0.717) is 17.2 Å². The van der Waals surface area contributed by atoms with Crippen molar-refractivity contribution in [3.63, 3.8) is 0 Å². The Morgan fingerprint density at radius 2 is 2.12 bits per heavy atom. The molecule has 0 bridgehead atoms. The number of carbonyl (C=O) groups is 1. The van der Waals surface area contributed by atoms with Crippen LogP contribution in [0.1, 0.15) is 58.8 Å². The average Bonchev–Trinajstić information content (AvgIpc) is 2.53. The Bertz CT molecular complexity index is 561. The molecule has 2 rings (SSSR count). The summed E-state index contributed by atoms with van der Waals surface area (Å²) in [6, 6.07) is 0. The second-order valence-corrected chi connectivity index (χ2v) is 7.11. The zero-order valence-corrected chi connectivity index (χ0v) is 15.2. The summed E-state index contributed by atoms with van der Waals surface area (Å²) < 4.78 is 5.83. The van der Waals surface area contributed by atoms with E-state index in [1.165, 1.54) is 0 Å². The molecule has 1 aliphatic heterocycles. The van der Waals surface area contributed by atoms with Gasteiger partial charge in [0.25, 0.3) is 0 Å². The second-order valence-electron chi connectivity index (χ2n) is 6.58. The molecule has 0 radical (unpaired) electrons. The van der Waals surface area contributed by atoms with Gasteiger partial charge in [0.15, 0.2) is 6.61 Å². The molecular formula is C18H26ClNO4. The van der Waals surface area contributed by atoms with Crippen molar-refractivity contribution in [1.82, 2.24) is 0 Å². The van der Waals surface area contributed by atoms with Crippen molar-refractivity contribution in [3.05, 3.63) is 22.9 Å². The minimum Gasteiger partial charge on any atom is -0.511 e. The quantitative estimate of drug-likeness (QED) is 0.429. The first-order valence-electron chi connectivity index (χ1n) is 8.60. The highest BCUT2D eigenvalue weighted by Gasteiger charge is 2.49. The van der Waals surface area contributed by atoms with Crippen LogP contribution in [0.25, 0.3) is 0 Å². The summed E-state index contributed by atoms with van der Waals surface area (Å²) in [5.74, 6) is -0.683. The molecule has 1 atom stereocenters. The molecule has 0 aromatic rings. The molecule has 134 valence electrons. The number of carbonyl (C=O) groups excluding carboxylic acids is 1. The second kappa shape index (κ2) is 8.06. The van der Waals surface area contributed by atoms with E-state index in [2.05, 4.69) is 11.7 Å². The maximum atomic E-state index is 12.6. The lowest BCUT2D eigenvalue weighted by Crippen LogP contribution is -2.48. The molecule has 1 aliphatic carbocycles. The number of hydrogen-bond acceptors (Lipinski definition) is 5. The van der Waals surface area contributed by atoms with Gasteiger partial charge in [-0.2, -0.15) is 0 Å². The normalized spacial score (nSPS) is 24.0. The van der Waals surface area contributed by atoms with E-state index in [4.69, 9.17) is 21.2 Å². The van der Waals surface area contributed by atoms with Crippen LogP contribution in [-0.2, 0) is 14.4 Å². The molecule has 1 heterocycles. The van der Waals surface area contributed by atoms with Crippen molar-refractivity contribution in [1.29, 1.82) is 0 Å². The maximum Gasteiger partial charge on any atom is 0.344 e. The van der Waals surface area contributed by atoms with Gasteiger partial charge in [-0.1, -0.05) is 50.0 Å². The Hall–Kier alpha value is -1.49. The summed E-state index contributed by atoms with van der Waals surface area (Å²) in [6.07, 6.45) is 6.01. The highest BCUT2D eigenvalue weighted by molar-refractivity contribution is 6.29. The number of aliphatic hydroxyl groups excluding tert-OH is 1. The van der Waals surface area contributed by atoms with Crippen molar-refractivity contribution in [3.8, 4) is 0 Å². The molecule has 1 spiro atoms. The Morgan fingerprint density at radius 3 is 2.71 bits per heavy atom. The Morgan fingerprint density at radius 1 is 1.46 bits per heavy atom. The zero-order valence-electron chi connectivity index (χ0n) is 14.4. The van der Waals surface area contributed by atoms with Crippen molar-refractivity contribution >= 4 is 23.3 Å². The van der Waals surface area contributed by atoms with Gasteiger partial charge in [0.1, 0.15) is 16.9 Å². The van der Waals surface area contributed by atoms with Gasteiger partial charge >= 0.3 is 5.97 Å². The van der Waals surface area contributed by atoms with E-state index < -0.39 is 11.6 Å². The first-order chi connectivity index (χ1) is 11.4. The summed E-state index contributed by atoms with van der Waals surface area (Å²) in [5.41, 5.74) is -0.0397. The Balaban J connectivity index is 2.31. The molecular weight excluding hydrogens is 330 g/mol. The van der Waals surface area contributed by atoms with Crippen LogP contribution in [0, 0.1) is 5.92 Å². The third-order valence-corrected chi connectivity index (χ3v) is 4.94. The van der Waals surface area contributed by atoms with Crippen LogP contribution in [0.3, 0.4) is 0 Å². The van der Waals surface area contributed by atoms with Crippen molar-refractivity contribution in [2.45, 2.75) is 64.4 Å². The van der Waals surface area contributed by atoms with Gasteiger partial charge in [-0.15, -0.1) is 0 Å². The molecule has 0 amide bonds. The van der Waals surface area contributed by atoms with Gasteiger partial charge in [0, 0.05) is 0 Å². The smallest absolute Gasteiger partial charge is 0.344 e. The van der Waals surface area contributed by atoms with Gasteiger partial charge in [-0.05, 0) is 32.1 Å². The fraction of sp³-hybridized carbons (Fsp3) is 0.667. The number of ether oxygens (including phenoxy) is 1. The minimum atomic E-state index is -0.578. The number of aliphatic hydroxyl groups is 1. The van der Waals surface area contributed by atoms with Gasteiger partial charge in [-0.3, -0.25) is 0 Å². The summed E-state index contributed by atoms with van der Waals surface area (Å²) in [7, 11) is 0. The molecule has 1 fully saturated rings. The molecule has 0 aromatic heterocycles. The topological polar surface area (TPSA) is 68.1 Å². The standard InChI is InChI=1S/C18H26ClNO4/c1-4-8-14(20-23-11-12(2)19)15-16(21)13(3)18(24-17(15)22)9-6-5-7-10-18/h13,21H,2,4-11H2,1,3H3.